The van der Waals surface area contributed by atoms with Crippen LogP contribution in [0.15, 0.2) is 42.0 Å². The van der Waals surface area contributed by atoms with Crippen molar-refractivity contribution >= 4 is 13.3 Å². The molecule has 0 fully saturated rings. The maximum absolute atomic E-state index is 2.58. The topological polar surface area (TPSA) is 0 Å². The number of allylic oxidation sites excluding steroid dienone is 2. The monoisotopic (exact) mass is 272 g/mol. The summed E-state index contributed by atoms with van der Waals surface area (Å²) in [5, 5.41) is 1.59. The number of rotatable bonds is 3. The molecule has 1 aliphatic carbocycles. The van der Waals surface area contributed by atoms with Crippen LogP contribution in [-0.4, -0.2) is 8.07 Å². The Labute approximate surface area is 119 Å². The van der Waals surface area contributed by atoms with Crippen LogP contribution in [0.4, 0.5) is 0 Å². The van der Waals surface area contributed by atoms with E-state index < -0.39 is 8.07 Å². The van der Waals surface area contributed by atoms with E-state index in [4.69, 9.17) is 0 Å². The summed E-state index contributed by atoms with van der Waals surface area (Å²) in [5.74, 6) is 0. The van der Waals surface area contributed by atoms with E-state index in [0.717, 1.165) is 5.54 Å². The fraction of sp³-hybridized carbons (Fsp3) is 0.556. The Hall–Kier alpha value is -0.823. The second-order valence-corrected chi connectivity index (χ2v) is 12.3. The molecule has 104 valence electrons. The van der Waals surface area contributed by atoms with Crippen LogP contribution in [0.25, 0.3) is 0 Å². The molecule has 1 aromatic rings. The Morgan fingerprint density at radius 2 is 1.74 bits per heavy atom. The van der Waals surface area contributed by atoms with Crippen LogP contribution >= 0.6 is 0 Å². The minimum atomic E-state index is -1.40. The van der Waals surface area contributed by atoms with Gasteiger partial charge in [-0.05, 0) is 30.2 Å². The molecule has 2 rings (SSSR count). The van der Waals surface area contributed by atoms with E-state index >= 15 is 0 Å². The average molecular weight is 273 g/mol. The molecule has 0 nitrogen and oxygen atoms in total. The van der Waals surface area contributed by atoms with Crippen molar-refractivity contribution in [3.63, 3.8) is 0 Å². The van der Waals surface area contributed by atoms with Gasteiger partial charge in [0.1, 0.15) is 0 Å². The van der Waals surface area contributed by atoms with Crippen LogP contribution in [0.1, 0.15) is 40.0 Å². The predicted octanol–water partition coefficient (Wildman–Crippen LogP) is 5.13. The quantitative estimate of drug-likeness (QED) is 0.528. The van der Waals surface area contributed by atoms with Gasteiger partial charge in [0, 0.05) is 0 Å². The molecule has 0 saturated carbocycles. The summed E-state index contributed by atoms with van der Waals surface area (Å²) < 4.78 is 0. The normalized spacial score (nSPS) is 20.8. The summed E-state index contributed by atoms with van der Waals surface area (Å²) in [6, 6.07) is 11.2. The molecule has 1 aromatic carbocycles. The zero-order valence-corrected chi connectivity index (χ0v) is 14.2. The summed E-state index contributed by atoms with van der Waals surface area (Å²) in [5.41, 5.74) is 2.87. The summed E-state index contributed by atoms with van der Waals surface area (Å²) in [6.45, 7) is 12.3. The van der Waals surface area contributed by atoms with Crippen molar-refractivity contribution in [2.24, 2.45) is 5.41 Å². The highest BCUT2D eigenvalue weighted by Crippen LogP contribution is 2.40. The zero-order chi connectivity index (χ0) is 14.1. The molecule has 0 radical (unpaired) electrons. The van der Waals surface area contributed by atoms with E-state index in [2.05, 4.69) is 70.3 Å². The van der Waals surface area contributed by atoms with Crippen LogP contribution in [0.3, 0.4) is 0 Å². The molecular weight excluding hydrogens is 244 g/mol. The lowest BCUT2D eigenvalue weighted by atomic mass is 9.79. The van der Waals surface area contributed by atoms with Gasteiger partial charge in [0.25, 0.3) is 0 Å². The Morgan fingerprint density at radius 3 is 2.32 bits per heavy atom. The van der Waals surface area contributed by atoms with Gasteiger partial charge in [0.2, 0.25) is 0 Å². The van der Waals surface area contributed by atoms with Gasteiger partial charge in [0.05, 0.1) is 8.07 Å². The molecule has 0 bridgehead atoms. The van der Waals surface area contributed by atoms with E-state index in [-0.39, 0.29) is 0 Å². The van der Waals surface area contributed by atoms with Crippen molar-refractivity contribution in [3.05, 3.63) is 42.0 Å². The van der Waals surface area contributed by atoms with Gasteiger partial charge in [-0.25, -0.2) is 0 Å². The van der Waals surface area contributed by atoms with Gasteiger partial charge in [-0.2, -0.15) is 0 Å². The predicted molar refractivity (Wildman–Crippen MR) is 88.7 cm³/mol. The van der Waals surface area contributed by atoms with Crippen molar-refractivity contribution in [3.8, 4) is 0 Å². The molecule has 1 heteroatoms. The summed E-state index contributed by atoms with van der Waals surface area (Å²) in [7, 11) is -1.40. The van der Waals surface area contributed by atoms with Crippen molar-refractivity contribution in [1.82, 2.24) is 0 Å². The maximum Gasteiger partial charge on any atom is 0.0873 e. The number of hydrogen-bond donors (Lipinski definition) is 0. The molecule has 0 spiro atoms. The lowest BCUT2D eigenvalue weighted by molar-refractivity contribution is 0.394. The first-order chi connectivity index (χ1) is 8.83. The first kappa shape index (κ1) is 14.6. The average Bonchev–Trinajstić information content (AvgIpc) is 2.37. The van der Waals surface area contributed by atoms with Crippen LogP contribution < -0.4 is 5.19 Å². The zero-order valence-electron chi connectivity index (χ0n) is 13.2. The SMILES string of the molecule is CC(C1=CC(C)(C)CCC1)[Si](C)(C)c1ccccc1. The van der Waals surface area contributed by atoms with E-state index in [9.17, 15) is 0 Å². The fourth-order valence-electron chi connectivity index (χ4n) is 3.32. The molecule has 0 heterocycles. The standard InChI is InChI=1S/C18H28Si/c1-15(16-10-9-13-18(2,3)14-16)19(4,5)17-11-7-6-8-12-17/h6-8,11-12,14-15H,9-10,13H2,1-5H3. The molecule has 0 aliphatic heterocycles. The first-order valence-electron chi connectivity index (χ1n) is 7.60. The van der Waals surface area contributed by atoms with E-state index in [1.807, 2.05) is 0 Å². The van der Waals surface area contributed by atoms with E-state index in [1.54, 1.807) is 10.8 Å². The molecule has 1 atom stereocenters. The molecule has 1 aliphatic rings. The number of benzene rings is 1. The van der Waals surface area contributed by atoms with Crippen molar-refractivity contribution in [2.45, 2.75) is 58.7 Å². The molecule has 0 aromatic heterocycles. The Bertz CT molecular complexity index is 454. The number of hydrogen-bond acceptors (Lipinski definition) is 0. The van der Waals surface area contributed by atoms with Gasteiger partial charge in [-0.15, -0.1) is 0 Å². The van der Waals surface area contributed by atoms with Crippen LogP contribution in [-0.2, 0) is 0 Å². The largest absolute Gasteiger partial charge is 0.0873 e. The van der Waals surface area contributed by atoms with Crippen molar-refractivity contribution < 1.29 is 0 Å². The highest BCUT2D eigenvalue weighted by Gasteiger charge is 2.34. The first-order valence-corrected chi connectivity index (χ1v) is 10.7. The molecule has 19 heavy (non-hydrogen) atoms. The Morgan fingerprint density at radius 1 is 1.11 bits per heavy atom. The molecule has 0 amide bonds. The Balaban J connectivity index is 2.28. The summed E-state index contributed by atoms with van der Waals surface area (Å²) in [4.78, 5) is 0. The van der Waals surface area contributed by atoms with Gasteiger partial charge < -0.3 is 0 Å². The summed E-state index contributed by atoms with van der Waals surface area (Å²) in [6.07, 6.45) is 6.60. The maximum atomic E-state index is 2.58. The van der Waals surface area contributed by atoms with Crippen molar-refractivity contribution in [2.75, 3.05) is 0 Å². The second-order valence-electron chi connectivity index (χ2n) is 7.37. The smallest absolute Gasteiger partial charge is 0.0797 e. The van der Waals surface area contributed by atoms with Gasteiger partial charge in [-0.3, -0.25) is 0 Å². The third-order valence-corrected chi connectivity index (χ3v) is 9.38. The minimum Gasteiger partial charge on any atom is -0.0797 e. The molecule has 0 N–H and O–H groups in total. The molecule has 1 unspecified atom stereocenters. The van der Waals surface area contributed by atoms with E-state index in [1.165, 1.54) is 19.3 Å². The van der Waals surface area contributed by atoms with Crippen LogP contribution in [0.5, 0.6) is 0 Å². The van der Waals surface area contributed by atoms with E-state index in [0.29, 0.717) is 5.41 Å². The van der Waals surface area contributed by atoms with Gasteiger partial charge >= 0.3 is 0 Å². The second kappa shape index (κ2) is 5.28. The Kier molecular flexibility index (Phi) is 4.05. The third kappa shape index (κ3) is 3.20. The fourth-order valence-corrected chi connectivity index (χ4v) is 6.02. The minimum absolute atomic E-state index is 0.406. The van der Waals surface area contributed by atoms with Crippen LogP contribution in [0, 0.1) is 5.41 Å². The molecule has 0 saturated heterocycles. The van der Waals surface area contributed by atoms with Gasteiger partial charge in [0.15, 0.2) is 0 Å². The van der Waals surface area contributed by atoms with Crippen LogP contribution in [0.2, 0.25) is 18.6 Å². The lowest BCUT2D eigenvalue weighted by Crippen LogP contribution is -2.46. The lowest BCUT2D eigenvalue weighted by Gasteiger charge is -2.37. The van der Waals surface area contributed by atoms with Crippen molar-refractivity contribution in [1.29, 1.82) is 0 Å². The highest BCUT2D eigenvalue weighted by atomic mass is 28.3. The van der Waals surface area contributed by atoms with Gasteiger partial charge in [-0.1, -0.05) is 81.0 Å². The summed E-state index contributed by atoms with van der Waals surface area (Å²) >= 11 is 0. The molecular formula is C18H28Si. The highest BCUT2D eigenvalue weighted by molar-refractivity contribution is 6.91. The third-order valence-electron chi connectivity index (χ3n) is 5.02.